The summed E-state index contributed by atoms with van der Waals surface area (Å²) in [5.41, 5.74) is 6.57. The molecule has 17 heavy (non-hydrogen) atoms. The molecule has 0 unspecified atom stereocenters. The van der Waals surface area contributed by atoms with Crippen molar-refractivity contribution in [1.29, 1.82) is 0 Å². The van der Waals surface area contributed by atoms with E-state index >= 15 is 0 Å². The van der Waals surface area contributed by atoms with Crippen LogP contribution in [0, 0.1) is 18.8 Å². The van der Waals surface area contributed by atoms with Crippen molar-refractivity contribution in [1.82, 2.24) is 4.98 Å². The largest absolute Gasteiger partial charge is 0.325 e. The second-order valence-corrected chi connectivity index (χ2v) is 7.29. The van der Waals surface area contributed by atoms with Gasteiger partial charge >= 0.3 is 0 Å². The molecule has 1 aromatic rings. The molecule has 1 aromatic heterocycles. The van der Waals surface area contributed by atoms with Crippen LogP contribution >= 0.6 is 11.3 Å². The smallest absolute Gasteiger partial charge is 0.0896 e. The number of aryl methyl sites for hydroxylation is 1. The lowest BCUT2D eigenvalue weighted by Gasteiger charge is -2.38. The van der Waals surface area contributed by atoms with Crippen molar-refractivity contribution < 1.29 is 0 Å². The first-order valence-electron chi connectivity index (χ1n) is 6.69. The highest BCUT2D eigenvalue weighted by atomic mass is 32.1. The van der Waals surface area contributed by atoms with Crippen molar-refractivity contribution in [2.24, 2.45) is 17.6 Å². The van der Waals surface area contributed by atoms with Crippen molar-refractivity contribution in [2.75, 3.05) is 0 Å². The van der Waals surface area contributed by atoms with Gasteiger partial charge in [-0.3, -0.25) is 0 Å². The summed E-state index contributed by atoms with van der Waals surface area (Å²) >= 11 is 1.80. The molecule has 0 bridgehead atoms. The maximum atomic E-state index is 6.54. The number of rotatable bonds is 3. The SMILES string of the molecule is Cc1ncc(CC2(N)CCC(C(C)C)CC2)s1. The molecule has 3 heteroatoms. The standard InChI is InChI=1S/C14H24N2S/c1-10(2)12-4-6-14(15,7-5-12)8-13-9-16-11(3)17-13/h9-10,12H,4-8,15H2,1-3H3. The molecule has 0 aromatic carbocycles. The number of nitrogens with two attached hydrogens (primary N) is 1. The van der Waals surface area contributed by atoms with Crippen LogP contribution < -0.4 is 5.73 Å². The normalized spacial score (nSPS) is 29.8. The molecule has 0 radical (unpaired) electrons. The number of aromatic nitrogens is 1. The third-order valence-electron chi connectivity index (χ3n) is 4.16. The molecule has 1 aliphatic rings. The Morgan fingerprint density at radius 3 is 2.59 bits per heavy atom. The van der Waals surface area contributed by atoms with Crippen LogP contribution in [-0.4, -0.2) is 10.5 Å². The molecule has 96 valence electrons. The Kier molecular flexibility index (Phi) is 3.88. The molecule has 0 spiro atoms. The van der Waals surface area contributed by atoms with Gasteiger partial charge in [-0.05, 0) is 44.4 Å². The highest BCUT2D eigenvalue weighted by Crippen LogP contribution is 2.36. The van der Waals surface area contributed by atoms with Crippen LogP contribution in [0.1, 0.15) is 49.4 Å². The summed E-state index contributed by atoms with van der Waals surface area (Å²) in [6.45, 7) is 6.73. The van der Waals surface area contributed by atoms with E-state index in [1.807, 2.05) is 6.20 Å². The average Bonchev–Trinajstić information content (AvgIpc) is 2.63. The summed E-state index contributed by atoms with van der Waals surface area (Å²) in [5.74, 6) is 1.69. The van der Waals surface area contributed by atoms with Crippen LogP contribution in [0.4, 0.5) is 0 Å². The van der Waals surface area contributed by atoms with Crippen LogP contribution in [-0.2, 0) is 6.42 Å². The minimum Gasteiger partial charge on any atom is -0.325 e. The molecule has 2 nitrogen and oxygen atoms in total. The molecular formula is C14H24N2S. The van der Waals surface area contributed by atoms with E-state index in [-0.39, 0.29) is 5.54 Å². The topological polar surface area (TPSA) is 38.9 Å². The van der Waals surface area contributed by atoms with Gasteiger partial charge in [0.1, 0.15) is 0 Å². The first kappa shape index (κ1) is 13.0. The molecule has 0 atom stereocenters. The van der Waals surface area contributed by atoms with E-state index in [0.29, 0.717) is 0 Å². The Balaban J connectivity index is 1.93. The first-order valence-corrected chi connectivity index (χ1v) is 7.50. The molecule has 0 amide bonds. The Morgan fingerprint density at radius 1 is 1.47 bits per heavy atom. The van der Waals surface area contributed by atoms with E-state index in [4.69, 9.17) is 5.73 Å². The van der Waals surface area contributed by atoms with Gasteiger partial charge in [0.15, 0.2) is 0 Å². The Hall–Kier alpha value is -0.410. The summed E-state index contributed by atoms with van der Waals surface area (Å²) in [6, 6.07) is 0. The molecule has 1 fully saturated rings. The van der Waals surface area contributed by atoms with Crippen LogP contribution in [0.5, 0.6) is 0 Å². The maximum absolute atomic E-state index is 6.54. The van der Waals surface area contributed by atoms with Crippen LogP contribution in [0.2, 0.25) is 0 Å². The van der Waals surface area contributed by atoms with E-state index in [9.17, 15) is 0 Å². The zero-order valence-electron chi connectivity index (χ0n) is 11.2. The maximum Gasteiger partial charge on any atom is 0.0896 e. The zero-order valence-corrected chi connectivity index (χ0v) is 12.0. The van der Waals surface area contributed by atoms with E-state index in [0.717, 1.165) is 23.3 Å². The summed E-state index contributed by atoms with van der Waals surface area (Å²) in [4.78, 5) is 5.67. The number of nitrogens with zero attached hydrogens (tertiary/aromatic N) is 1. The zero-order chi connectivity index (χ0) is 12.5. The molecule has 1 saturated carbocycles. The minimum absolute atomic E-state index is 0.0321. The van der Waals surface area contributed by atoms with Crippen molar-refractivity contribution >= 4 is 11.3 Å². The van der Waals surface area contributed by atoms with Gasteiger partial charge in [-0.1, -0.05) is 13.8 Å². The number of thiazole rings is 1. The first-order chi connectivity index (χ1) is 7.98. The Labute approximate surface area is 109 Å². The predicted octanol–water partition coefficient (Wildman–Crippen LogP) is 3.54. The van der Waals surface area contributed by atoms with Gasteiger partial charge in [-0.15, -0.1) is 11.3 Å². The third-order valence-corrected chi connectivity index (χ3v) is 5.08. The van der Waals surface area contributed by atoms with Gasteiger partial charge in [0.25, 0.3) is 0 Å². The Morgan fingerprint density at radius 2 is 2.12 bits per heavy atom. The molecule has 2 N–H and O–H groups in total. The van der Waals surface area contributed by atoms with Crippen molar-refractivity contribution in [3.63, 3.8) is 0 Å². The molecule has 2 rings (SSSR count). The van der Waals surface area contributed by atoms with Crippen molar-refractivity contribution in [3.05, 3.63) is 16.1 Å². The van der Waals surface area contributed by atoms with Gasteiger partial charge in [0.05, 0.1) is 5.01 Å². The predicted molar refractivity (Wildman–Crippen MR) is 74.3 cm³/mol. The number of hydrogen-bond acceptors (Lipinski definition) is 3. The van der Waals surface area contributed by atoms with Crippen LogP contribution in [0.15, 0.2) is 6.20 Å². The van der Waals surface area contributed by atoms with Crippen LogP contribution in [0.25, 0.3) is 0 Å². The second kappa shape index (κ2) is 5.07. The van der Waals surface area contributed by atoms with Gasteiger partial charge in [0.2, 0.25) is 0 Å². The van der Waals surface area contributed by atoms with Crippen LogP contribution in [0.3, 0.4) is 0 Å². The fraction of sp³-hybridized carbons (Fsp3) is 0.786. The highest BCUT2D eigenvalue weighted by Gasteiger charge is 2.33. The lowest BCUT2D eigenvalue weighted by atomic mass is 9.72. The molecule has 1 heterocycles. The van der Waals surface area contributed by atoms with E-state index in [1.165, 1.54) is 30.6 Å². The second-order valence-electron chi connectivity index (χ2n) is 5.97. The van der Waals surface area contributed by atoms with Gasteiger partial charge in [0, 0.05) is 23.0 Å². The average molecular weight is 252 g/mol. The van der Waals surface area contributed by atoms with Gasteiger partial charge in [-0.25, -0.2) is 4.98 Å². The molecule has 1 aliphatic carbocycles. The Bertz CT molecular complexity index is 362. The summed E-state index contributed by atoms with van der Waals surface area (Å²) in [5, 5.41) is 1.15. The van der Waals surface area contributed by atoms with E-state index in [2.05, 4.69) is 25.8 Å². The molecule has 0 aliphatic heterocycles. The molecule has 0 saturated heterocycles. The number of hydrogen-bond donors (Lipinski definition) is 1. The summed E-state index contributed by atoms with van der Waals surface area (Å²) in [6.07, 6.45) is 7.96. The lowest BCUT2D eigenvalue weighted by Crippen LogP contribution is -2.45. The van der Waals surface area contributed by atoms with Crippen molar-refractivity contribution in [2.45, 2.75) is 58.4 Å². The minimum atomic E-state index is 0.0321. The third kappa shape index (κ3) is 3.29. The fourth-order valence-electron chi connectivity index (χ4n) is 2.89. The van der Waals surface area contributed by atoms with Gasteiger partial charge in [-0.2, -0.15) is 0 Å². The van der Waals surface area contributed by atoms with Crippen molar-refractivity contribution in [3.8, 4) is 0 Å². The highest BCUT2D eigenvalue weighted by molar-refractivity contribution is 7.11. The lowest BCUT2D eigenvalue weighted by molar-refractivity contribution is 0.195. The quantitative estimate of drug-likeness (QED) is 0.893. The van der Waals surface area contributed by atoms with E-state index in [1.54, 1.807) is 11.3 Å². The fourth-order valence-corrected chi connectivity index (χ4v) is 3.84. The van der Waals surface area contributed by atoms with Gasteiger partial charge < -0.3 is 5.73 Å². The summed E-state index contributed by atoms with van der Waals surface area (Å²) < 4.78 is 0. The van der Waals surface area contributed by atoms with E-state index < -0.39 is 0 Å². The monoisotopic (exact) mass is 252 g/mol. The summed E-state index contributed by atoms with van der Waals surface area (Å²) in [7, 11) is 0. The molecular weight excluding hydrogens is 228 g/mol.